The highest BCUT2D eigenvalue weighted by atomic mass is 79.9. The third-order valence-corrected chi connectivity index (χ3v) is 6.29. The highest BCUT2D eigenvalue weighted by molar-refractivity contribution is 9.10. The molecule has 2 fully saturated rings. The Morgan fingerprint density at radius 1 is 0.903 bits per heavy atom. The van der Waals surface area contributed by atoms with Gasteiger partial charge in [0.2, 0.25) is 5.91 Å². The van der Waals surface area contributed by atoms with E-state index in [0.717, 1.165) is 11.3 Å². The van der Waals surface area contributed by atoms with Crippen molar-refractivity contribution in [2.75, 3.05) is 5.06 Å². The minimum absolute atomic E-state index is 0.194. The van der Waals surface area contributed by atoms with E-state index in [1.54, 1.807) is 17.2 Å². The van der Waals surface area contributed by atoms with Crippen LogP contribution in [0.2, 0.25) is 0 Å². The summed E-state index contributed by atoms with van der Waals surface area (Å²) < 4.78 is 14.2. The molecule has 0 radical (unpaired) electrons. The Morgan fingerprint density at radius 3 is 2.26 bits per heavy atom. The zero-order valence-electron chi connectivity index (χ0n) is 16.3. The lowest BCUT2D eigenvalue weighted by molar-refractivity contribution is -0.143. The predicted molar refractivity (Wildman–Crippen MR) is 116 cm³/mol. The molecule has 0 N–H and O–H groups in total. The lowest BCUT2D eigenvalue weighted by atomic mass is 9.90. The second kappa shape index (κ2) is 7.90. The van der Waals surface area contributed by atoms with E-state index >= 15 is 0 Å². The summed E-state index contributed by atoms with van der Waals surface area (Å²) in [6.07, 6.45) is -0.926. The molecule has 2 heterocycles. The molecule has 2 aliphatic rings. The summed E-state index contributed by atoms with van der Waals surface area (Å²) in [5.74, 6) is -1.77. The number of carbonyl (C=O) groups is 2. The molecule has 0 saturated carbocycles. The first-order valence-corrected chi connectivity index (χ1v) is 10.7. The maximum Gasteiger partial charge on any atom is 0.262 e. The van der Waals surface area contributed by atoms with Crippen molar-refractivity contribution in [1.82, 2.24) is 4.90 Å². The number of fused-ring (bicyclic) bond motifs is 1. The van der Waals surface area contributed by atoms with E-state index in [9.17, 15) is 14.0 Å². The molecule has 156 valence electrons. The molecular formula is C24H18BrFN2O3. The second-order valence-corrected chi connectivity index (χ2v) is 8.43. The number of hydrogen-bond donors (Lipinski definition) is 0. The standard InChI is InChI=1S/C24H18BrFN2O3/c25-18-13-16(11-12-19(18)26)21-20-22(31-28(21)17-9-5-2-6-10-17)24(30)27(23(20)29)14-15-7-3-1-4-8-15/h1-13,20-22H,14H2/t20-,21+,22+/m0/s1. The molecule has 7 heteroatoms. The third-order valence-electron chi connectivity index (χ3n) is 5.69. The first kappa shape index (κ1) is 19.9. The van der Waals surface area contributed by atoms with E-state index in [-0.39, 0.29) is 18.4 Å². The molecule has 31 heavy (non-hydrogen) atoms. The predicted octanol–water partition coefficient (Wildman–Crippen LogP) is 4.63. The number of hydroxylamine groups is 1. The third kappa shape index (κ3) is 3.43. The summed E-state index contributed by atoms with van der Waals surface area (Å²) >= 11 is 3.23. The highest BCUT2D eigenvalue weighted by Crippen LogP contribution is 2.47. The van der Waals surface area contributed by atoms with Crippen molar-refractivity contribution in [3.05, 3.63) is 100 Å². The smallest absolute Gasteiger partial charge is 0.262 e. The van der Waals surface area contributed by atoms with Crippen LogP contribution in [0.15, 0.2) is 83.3 Å². The number of para-hydroxylation sites is 1. The van der Waals surface area contributed by atoms with Crippen molar-refractivity contribution >= 4 is 33.4 Å². The Labute approximate surface area is 187 Å². The summed E-state index contributed by atoms with van der Waals surface area (Å²) in [5.41, 5.74) is 2.27. The number of likely N-dealkylation sites (tertiary alicyclic amines) is 1. The summed E-state index contributed by atoms with van der Waals surface area (Å²) in [7, 11) is 0. The number of halogens is 2. The van der Waals surface area contributed by atoms with Gasteiger partial charge in [0.15, 0.2) is 6.10 Å². The van der Waals surface area contributed by atoms with E-state index in [2.05, 4.69) is 15.9 Å². The summed E-state index contributed by atoms with van der Waals surface area (Å²) in [6, 6.07) is 22.7. The largest absolute Gasteiger partial charge is 0.275 e. The number of hydrogen-bond acceptors (Lipinski definition) is 4. The average molecular weight is 481 g/mol. The van der Waals surface area contributed by atoms with E-state index in [1.165, 1.54) is 11.0 Å². The van der Waals surface area contributed by atoms with Crippen molar-refractivity contribution in [3.63, 3.8) is 0 Å². The van der Waals surface area contributed by atoms with Crippen LogP contribution in [0.1, 0.15) is 17.2 Å². The van der Waals surface area contributed by atoms with Crippen LogP contribution in [-0.2, 0) is 21.0 Å². The number of imide groups is 1. The van der Waals surface area contributed by atoms with Gasteiger partial charge in [0.1, 0.15) is 11.7 Å². The van der Waals surface area contributed by atoms with Gasteiger partial charge in [-0.1, -0.05) is 54.6 Å². The van der Waals surface area contributed by atoms with Crippen molar-refractivity contribution in [2.45, 2.75) is 18.7 Å². The number of anilines is 1. The van der Waals surface area contributed by atoms with Gasteiger partial charge in [0, 0.05) is 0 Å². The molecule has 0 aromatic heterocycles. The summed E-state index contributed by atoms with van der Waals surface area (Å²) in [5, 5.41) is 1.60. The van der Waals surface area contributed by atoms with Crippen LogP contribution in [0, 0.1) is 11.7 Å². The fourth-order valence-electron chi connectivity index (χ4n) is 4.23. The Bertz CT molecular complexity index is 1140. The van der Waals surface area contributed by atoms with Crippen LogP contribution in [-0.4, -0.2) is 22.8 Å². The zero-order chi connectivity index (χ0) is 21.5. The molecule has 0 bridgehead atoms. The first-order valence-electron chi connectivity index (χ1n) is 9.90. The fourth-order valence-corrected chi connectivity index (χ4v) is 4.62. The quantitative estimate of drug-likeness (QED) is 0.510. The van der Waals surface area contributed by atoms with Crippen molar-refractivity contribution in [2.24, 2.45) is 5.92 Å². The highest BCUT2D eigenvalue weighted by Gasteiger charge is 2.59. The molecule has 0 spiro atoms. The molecule has 0 aliphatic carbocycles. The molecule has 0 unspecified atom stereocenters. The molecule has 2 saturated heterocycles. The van der Waals surface area contributed by atoms with Crippen LogP contribution in [0.3, 0.4) is 0 Å². The van der Waals surface area contributed by atoms with E-state index < -0.39 is 23.9 Å². The number of carbonyl (C=O) groups excluding carboxylic acids is 2. The molecule has 3 aromatic carbocycles. The van der Waals surface area contributed by atoms with E-state index in [1.807, 2.05) is 60.7 Å². The molecule has 2 amide bonds. The maximum absolute atomic E-state index is 13.9. The average Bonchev–Trinajstić information content (AvgIpc) is 3.29. The summed E-state index contributed by atoms with van der Waals surface area (Å²) in [6.45, 7) is 0.194. The van der Waals surface area contributed by atoms with Crippen molar-refractivity contribution < 1.29 is 18.8 Å². The molecule has 5 nitrogen and oxygen atoms in total. The van der Waals surface area contributed by atoms with E-state index in [0.29, 0.717) is 10.0 Å². The molecule has 5 rings (SSSR count). The molecule has 3 aromatic rings. The normalized spacial score (nSPS) is 22.8. The van der Waals surface area contributed by atoms with Crippen LogP contribution >= 0.6 is 15.9 Å². The van der Waals surface area contributed by atoms with Crippen molar-refractivity contribution in [1.29, 1.82) is 0 Å². The van der Waals surface area contributed by atoms with E-state index in [4.69, 9.17) is 4.84 Å². The topological polar surface area (TPSA) is 49.9 Å². The van der Waals surface area contributed by atoms with Crippen molar-refractivity contribution in [3.8, 4) is 0 Å². The Kier molecular flexibility index (Phi) is 5.08. The number of amides is 2. The Hall–Kier alpha value is -3.03. The van der Waals surface area contributed by atoms with Gasteiger partial charge in [-0.3, -0.25) is 19.3 Å². The molecular weight excluding hydrogens is 463 g/mol. The fraction of sp³-hybridized carbons (Fsp3) is 0.167. The number of benzene rings is 3. The SMILES string of the molecule is O=C1[C@H]2[C@@H](c3ccc(F)c(Br)c3)N(c3ccccc3)O[C@H]2C(=O)N1Cc1ccccc1. The lowest BCUT2D eigenvalue weighted by Crippen LogP contribution is -2.36. The van der Waals surface area contributed by atoms with Crippen LogP contribution in [0.25, 0.3) is 0 Å². The maximum atomic E-state index is 13.9. The van der Waals surface area contributed by atoms with Gasteiger partial charge in [-0.25, -0.2) is 9.45 Å². The van der Waals surface area contributed by atoms with Gasteiger partial charge < -0.3 is 0 Å². The van der Waals surface area contributed by atoms with Gasteiger partial charge >= 0.3 is 0 Å². The van der Waals surface area contributed by atoms with Crippen LogP contribution in [0.4, 0.5) is 10.1 Å². The molecule has 2 aliphatic heterocycles. The first-order chi connectivity index (χ1) is 15.0. The van der Waals surface area contributed by atoms with Gasteiger partial charge in [-0.15, -0.1) is 0 Å². The Morgan fingerprint density at radius 2 is 1.58 bits per heavy atom. The van der Waals surface area contributed by atoms with Gasteiger partial charge in [0.05, 0.1) is 22.7 Å². The van der Waals surface area contributed by atoms with Crippen LogP contribution in [0.5, 0.6) is 0 Å². The zero-order valence-corrected chi connectivity index (χ0v) is 17.9. The second-order valence-electron chi connectivity index (χ2n) is 7.58. The number of nitrogens with zero attached hydrogens (tertiary/aromatic N) is 2. The monoisotopic (exact) mass is 480 g/mol. The summed E-state index contributed by atoms with van der Waals surface area (Å²) in [4.78, 5) is 33.9. The van der Waals surface area contributed by atoms with Crippen LogP contribution < -0.4 is 5.06 Å². The van der Waals surface area contributed by atoms with Gasteiger partial charge in [-0.2, -0.15) is 0 Å². The van der Waals surface area contributed by atoms with Gasteiger partial charge in [-0.05, 0) is 51.3 Å². The molecule has 3 atom stereocenters. The number of rotatable bonds is 4. The Balaban J connectivity index is 1.54. The minimum Gasteiger partial charge on any atom is -0.275 e. The van der Waals surface area contributed by atoms with Gasteiger partial charge in [0.25, 0.3) is 5.91 Å². The lowest BCUT2D eigenvalue weighted by Gasteiger charge is -2.29. The minimum atomic E-state index is -0.926.